The molecule has 17 heavy (non-hydrogen) atoms. The van der Waals surface area contributed by atoms with Crippen molar-refractivity contribution in [2.45, 2.75) is 27.3 Å². The minimum Gasteiger partial charge on any atom is -0.493 e. The molecule has 0 heterocycles. The molecule has 0 unspecified atom stereocenters. The highest BCUT2D eigenvalue weighted by Crippen LogP contribution is 2.24. The fraction of sp³-hybridized carbons (Fsp3) is 0.571. The van der Waals surface area contributed by atoms with E-state index in [1.165, 1.54) is 16.7 Å². The van der Waals surface area contributed by atoms with Gasteiger partial charge in [0.1, 0.15) is 5.75 Å². The molecule has 0 saturated carbocycles. The zero-order valence-corrected chi connectivity index (χ0v) is 11.3. The lowest BCUT2D eigenvalue weighted by Crippen LogP contribution is -2.18. The van der Waals surface area contributed by atoms with Gasteiger partial charge in [0.05, 0.1) is 13.2 Å². The maximum atomic E-state index is 5.63. The van der Waals surface area contributed by atoms with Crippen molar-refractivity contribution in [2.75, 3.05) is 26.9 Å². The summed E-state index contributed by atoms with van der Waals surface area (Å²) in [5.74, 6) is 1.02. The first kappa shape index (κ1) is 14.0. The number of rotatable bonds is 7. The summed E-state index contributed by atoms with van der Waals surface area (Å²) < 4.78 is 10.6. The predicted octanol–water partition coefficient (Wildman–Crippen LogP) is 2.44. The Labute approximate surface area is 104 Å². The van der Waals surface area contributed by atoms with Crippen molar-refractivity contribution >= 4 is 0 Å². The molecule has 0 spiro atoms. The zero-order chi connectivity index (χ0) is 12.7. The van der Waals surface area contributed by atoms with Crippen molar-refractivity contribution in [1.29, 1.82) is 0 Å². The number of methoxy groups -OCH3 is 1. The molecule has 0 fully saturated rings. The van der Waals surface area contributed by atoms with E-state index in [1.54, 1.807) is 7.11 Å². The summed E-state index contributed by atoms with van der Waals surface area (Å²) in [7, 11) is 1.72. The molecule has 0 amide bonds. The zero-order valence-electron chi connectivity index (χ0n) is 11.3. The molecule has 0 bridgehead atoms. The van der Waals surface area contributed by atoms with Crippen molar-refractivity contribution in [3.05, 3.63) is 28.8 Å². The Hall–Kier alpha value is -1.06. The average Bonchev–Trinajstić information content (AvgIpc) is 2.29. The van der Waals surface area contributed by atoms with Gasteiger partial charge in [0.25, 0.3) is 0 Å². The van der Waals surface area contributed by atoms with E-state index in [2.05, 4.69) is 31.3 Å². The highest BCUT2D eigenvalue weighted by atomic mass is 16.5. The van der Waals surface area contributed by atoms with Gasteiger partial charge in [0.15, 0.2) is 0 Å². The Morgan fingerprint density at radius 1 is 1.18 bits per heavy atom. The number of nitrogens with one attached hydrogen (secondary N) is 1. The molecule has 1 aromatic rings. The van der Waals surface area contributed by atoms with Crippen LogP contribution in [0, 0.1) is 13.8 Å². The van der Waals surface area contributed by atoms with Gasteiger partial charge in [-0.3, -0.25) is 0 Å². The fourth-order valence-electron chi connectivity index (χ4n) is 1.92. The van der Waals surface area contributed by atoms with Crippen LogP contribution in [0.15, 0.2) is 12.1 Å². The SMILES string of the molecule is CCOc1c(C)cc(CNCCOC)cc1C. The van der Waals surface area contributed by atoms with Crippen molar-refractivity contribution in [1.82, 2.24) is 5.32 Å². The largest absolute Gasteiger partial charge is 0.493 e. The van der Waals surface area contributed by atoms with E-state index in [9.17, 15) is 0 Å². The minimum atomic E-state index is 0.715. The van der Waals surface area contributed by atoms with Gasteiger partial charge in [-0.05, 0) is 37.5 Å². The molecule has 3 nitrogen and oxygen atoms in total. The Balaban J connectivity index is 2.63. The van der Waals surface area contributed by atoms with Crippen LogP contribution in [0.1, 0.15) is 23.6 Å². The van der Waals surface area contributed by atoms with Gasteiger partial charge >= 0.3 is 0 Å². The predicted molar refractivity (Wildman–Crippen MR) is 70.7 cm³/mol. The van der Waals surface area contributed by atoms with E-state index in [0.717, 1.165) is 25.4 Å². The molecular formula is C14H23NO2. The summed E-state index contributed by atoms with van der Waals surface area (Å²) in [5, 5.41) is 3.34. The lowest BCUT2D eigenvalue weighted by atomic mass is 10.1. The van der Waals surface area contributed by atoms with Gasteiger partial charge in [-0.1, -0.05) is 12.1 Å². The molecule has 0 aliphatic rings. The molecule has 1 rings (SSSR count). The number of benzene rings is 1. The van der Waals surface area contributed by atoms with Crippen LogP contribution in [0.4, 0.5) is 0 Å². The van der Waals surface area contributed by atoms with Gasteiger partial charge in [0.2, 0.25) is 0 Å². The molecule has 1 aromatic carbocycles. The van der Waals surface area contributed by atoms with Crippen LogP contribution >= 0.6 is 0 Å². The van der Waals surface area contributed by atoms with Crippen LogP contribution in [-0.4, -0.2) is 26.9 Å². The van der Waals surface area contributed by atoms with Crippen LogP contribution in [0.3, 0.4) is 0 Å². The van der Waals surface area contributed by atoms with Crippen LogP contribution in [0.5, 0.6) is 5.75 Å². The summed E-state index contributed by atoms with van der Waals surface area (Å²) in [6.45, 7) is 9.41. The summed E-state index contributed by atoms with van der Waals surface area (Å²) in [6, 6.07) is 4.36. The first-order chi connectivity index (χ1) is 8.19. The number of hydrogen-bond donors (Lipinski definition) is 1. The standard InChI is InChI=1S/C14H23NO2/c1-5-17-14-11(2)8-13(9-12(14)3)10-15-6-7-16-4/h8-9,15H,5-7,10H2,1-4H3. The van der Waals surface area contributed by atoms with E-state index in [0.29, 0.717) is 6.61 Å². The molecular weight excluding hydrogens is 214 g/mol. The maximum absolute atomic E-state index is 5.63. The molecule has 96 valence electrons. The molecule has 0 saturated heterocycles. The summed E-state index contributed by atoms with van der Waals surface area (Å²) >= 11 is 0. The Morgan fingerprint density at radius 3 is 2.35 bits per heavy atom. The van der Waals surface area contributed by atoms with E-state index >= 15 is 0 Å². The second-order valence-corrected chi connectivity index (χ2v) is 4.16. The van der Waals surface area contributed by atoms with Gasteiger partial charge in [-0.15, -0.1) is 0 Å². The van der Waals surface area contributed by atoms with Crippen molar-refractivity contribution < 1.29 is 9.47 Å². The first-order valence-electron chi connectivity index (χ1n) is 6.11. The van der Waals surface area contributed by atoms with Gasteiger partial charge in [-0.2, -0.15) is 0 Å². The number of aryl methyl sites for hydroxylation is 2. The molecule has 0 aromatic heterocycles. The van der Waals surface area contributed by atoms with Gasteiger partial charge < -0.3 is 14.8 Å². The van der Waals surface area contributed by atoms with Gasteiger partial charge in [-0.25, -0.2) is 0 Å². The molecule has 0 atom stereocenters. The number of hydrogen-bond acceptors (Lipinski definition) is 3. The molecule has 0 radical (unpaired) electrons. The second-order valence-electron chi connectivity index (χ2n) is 4.16. The van der Waals surface area contributed by atoms with E-state index in [4.69, 9.17) is 9.47 Å². The van der Waals surface area contributed by atoms with Crippen LogP contribution in [-0.2, 0) is 11.3 Å². The fourth-order valence-corrected chi connectivity index (χ4v) is 1.92. The summed E-state index contributed by atoms with van der Waals surface area (Å²) in [6.07, 6.45) is 0. The van der Waals surface area contributed by atoms with Crippen LogP contribution in [0.2, 0.25) is 0 Å². The molecule has 3 heteroatoms. The number of ether oxygens (including phenoxy) is 2. The molecule has 0 aliphatic carbocycles. The lowest BCUT2D eigenvalue weighted by molar-refractivity contribution is 0.199. The van der Waals surface area contributed by atoms with E-state index in [1.807, 2.05) is 6.92 Å². The Kier molecular flexibility index (Phi) is 6.01. The topological polar surface area (TPSA) is 30.5 Å². The van der Waals surface area contributed by atoms with Crippen molar-refractivity contribution in [3.63, 3.8) is 0 Å². The quantitative estimate of drug-likeness (QED) is 0.739. The minimum absolute atomic E-state index is 0.715. The second kappa shape index (κ2) is 7.30. The maximum Gasteiger partial charge on any atom is 0.125 e. The third kappa shape index (κ3) is 4.36. The lowest BCUT2D eigenvalue weighted by Gasteiger charge is -2.13. The van der Waals surface area contributed by atoms with Crippen molar-refractivity contribution in [2.24, 2.45) is 0 Å². The summed E-state index contributed by atoms with van der Waals surface area (Å²) in [4.78, 5) is 0. The van der Waals surface area contributed by atoms with Crippen LogP contribution in [0.25, 0.3) is 0 Å². The van der Waals surface area contributed by atoms with Crippen molar-refractivity contribution in [3.8, 4) is 5.75 Å². The monoisotopic (exact) mass is 237 g/mol. The Morgan fingerprint density at radius 2 is 1.82 bits per heavy atom. The smallest absolute Gasteiger partial charge is 0.125 e. The third-order valence-electron chi connectivity index (χ3n) is 2.62. The Bertz CT molecular complexity index is 327. The van der Waals surface area contributed by atoms with Gasteiger partial charge in [0, 0.05) is 20.2 Å². The molecule has 0 aliphatic heterocycles. The third-order valence-corrected chi connectivity index (χ3v) is 2.62. The van der Waals surface area contributed by atoms with Crippen LogP contribution < -0.4 is 10.1 Å². The normalized spacial score (nSPS) is 10.6. The highest BCUT2D eigenvalue weighted by Gasteiger charge is 2.05. The average molecular weight is 237 g/mol. The van der Waals surface area contributed by atoms with E-state index < -0.39 is 0 Å². The molecule has 1 N–H and O–H groups in total. The first-order valence-corrected chi connectivity index (χ1v) is 6.11. The highest BCUT2D eigenvalue weighted by molar-refractivity contribution is 5.43. The van der Waals surface area contributed by atoms with E-state index in [-0.39, 0.29) is 0 Å². The summed E-state index contributed by atoms with van der Waals surface area (Å²) in [5.41, 5.74) is 3.70.